The lowest BCUT2D eigenvalue weighted by Crippen LogP contribution is -2.37. The Balaban J connectivity index is 2.25. The monoisotopic (exact) mass is 280 g/mol. The molecule has 2 N–H and O–H groups in total. The van der Waals surface area contributed by atoms with Gasteiger partial charge in [0.2, 0.25) is 5.91 Å². The van der Waals surface area contributed by atoms with Gasteiger partial charge in [-0.2, -0.15) is 13.2 Å². The Labute approximate surface area is 107 Å². The number of hydrogen-bond acceptors (Lipinski definition) is 3. The summed E-state index contributed by atoms with van der Waals surface area (Å²) in [5, 5.41) is 6.57. The van der Waals surface area contributed by atoms with E-state index in [0.29, 0.717) is 6.54 Å². The number of halogens is 3. The van der Waals surface area contributed by atoms with Gasteiger partial charge in [0, 0.05) is 4.88 Å². The Morgan fingerprint density at radius 2 is 2.17 bits per heavy atom. The van der Waals surface area contributed by atoms with E-state index >= 15 is 0 Å². The number of nitrogens with one attached hydrogen (secondary N) is 2. The van der Waals surface area contributed by atoms with Crippen LogP contribution < -0.4 is 10.6 Å². The SMILES string of the molecule is CCc1ccsc1CNC(=O)CNCC(F)(F)F. The molecule has 1 heterocycles. The molecule has 7 heteroatoms. The quantitative estimate of drug-likeness (QED) is 0.837. The molecule has 1 amide bonds. The highest BCUT2D eigenvalue weighted by Crippen LogP contribution is 2.16. The number of carbonyl (C=O) groups excluding carboxylic acids is 1. The number of amides is 1. The fourth-order valence-corrected chi connectivity index (χ4v) is 2.31. The molecule has 0 aliphatic rings. The van der Waals surface area contributed by atoms with E-state index in [1.165, 1.54) is 11.3 Å². The predicted molar refractivity (Wildman–Crippen MR) is 64.5 cm³/mol. The van der Waals surface area contributed by atoms with Crippen molar-refractivity contribution in [3.05, 3.63) is 21.9 Å². The van der Waals surface area contributed by atoms with Crippen LogP contribution in [-0.4, -0.2) is 25.2 Å². The summed E-state index contributed by atoms with van der Waals surface area (Å²) in [6.45, 7) is 0.900. The minimum atomic E-state index is -4.29. The van der Waals surface area contributed by atoms with Crippen molar-refractivity contribution in [1.29, 1.82) is 0 Å². The molecule has 0 aliphatic carbocycles. The molecular formula is C11H15F3N2OS. The number of aryl methyl sites for hydroxylation is 1. The summed E-state index contributed by atoms with van der Waals surface area (Å²) in [5.74, 6) is -0.435. The Morgan fingerprint density at radius 3 is 2.78 bits per heavy atom. The Hall–Kier alpha value is -1.08. The first-order chi connectivity index (χ1) is 8.42. The fraction of sp³-hybridized carbons (Fsp3) is 0.545. The maximum atomic E-state index is 11.8. The summed E-state index contributed by atoms with van der Waals surface area (Å²) >= 11 is 1.53. The standard InChI is InChI=1S/C11H15F3N2OS/c1-2-8-3-4-18-9(8)5-16-10(17)6-15-7-11(12,13)14/h3-4,15H,2,5-7H2,1H3,(H,16,17). The number of alkyl halides is 3. The second-order valence-electron chi connectivity index (χ2n) is 3.72. The average Bonchev–Trinajstić information content (AvgIpc) is 2.71. The van der Waals surface area contributed by atoms with Crippen molar-refractivity contribution in [3.63, 3.8) is 0 Å². The molecule has 0 atom stereocenters. The molecule has 0 saturated carbocycles. The van der Waals surface area contributed by atoms with Crippen molar-refractivity contribution in [3.8, 4) is 0 Å². The third-order valence-corrected chi connectivity index (χ3v) is 3.24. The highest BCUT2D eigenvalue weighted by atomic mass is 32.1. The van der Waals surface area contributed by atoms with Crippen LogP contribution in [0.3, 0.4) is 0 Å². The molecule has 0 fully saturated rings. The van der Waals surface area contributed by atoms with Crippen LogP contribution in [0.2, 0.25) is 0 Å². The van der Waals surface area contributed by atoms with Gasteiger partial charge in [-0.05, 0) is 23.4 Å². The highest BCUT2D eigenvalue weighted by Gasteiger charge is 2.26. The lowest BCUT2D eigenvalue weighted by atomic mass is 10.2. The van der Waals surface area contributed by atoms with E-state index in [-0.39, 0.29) is 6.54 Å². The van der Waals surface area contributed by atoms with Gasteiger partial charge < -0.3 is 10.6 Å². The van der Waals surface area contributed by atoms with E-state index < -0.39 is 18.6 Å². The average molecular weight is 280 g/mol. The lowest BCUT2D eigenvalue weighted by Gasteiger charge is -2.08. The van der Waals surface area contributed by atoms with Crippen LogP contribution in [-0.2, 0) is 17.8 Å². The van der Waals surface area contributed by atoms with Crippen molar-refractivity contribution in [2.75, 3.05) is 13.1 Å². The smallest absolute Gasteiger partial charge is 0.350 e. The zero-order chi connectivity index (χ0) is 13.6. The van der Waals surface area contributed by atoms with Gasteiger partial charge in [0.05, 0.1) is 19.6 Å². The molecule has 0 spiro atoms. The third kappa shape index (κ3) is 5.50. The molecule has 1 aromatic heterocycles. The van der Waals surface area contributed by atoms with Crippen molar-refractivity contribution < 1.29 is 18.0 Å². The number of carbonyl (C=O) groups is 1. The van der Waals surface area contributed by atoms with Crippen LogP contribution in [0.25, 0.3) is 0 Å². The van der Waals surface area contributed by atoms with E-state index in [4.69, 9.17) is 0 Å². The van der Waals surface area contributed by atoms with Gasteiger partial charge in [-0.3, -0.25) is 4.79 Å². The first-order valence-corrected chi connectivity index (χ1v) is 6.39. The first-order valence-electron chi connectivity index (χ1n) is 5.51. The zero-order valence-electron chi connectivity index (χ0n) is 9.93. The molecule has 102 valence electrons. The van der Waals surface area contributed by atoms with Gasteiger partial charge >= 0.3 is 6.18 Å². The van der Waals surface area contributed by atoms with Crippen LogP contribution in [0.1, 0.15) is 17.4 Å². The molecule has 0 radical (unpaired) electrons. The summed E-state index contributed by atoms with van der Waals surface area (Å²) in [5.41, 5.74) is 1.16. The largest absolute Gasteiger partial charge is 0.401 e. The van der Waals surface area contributed by atoms with Crippen molar-refractivity contribution in [1.82, 2.24) is 10.6 Å². The normalized spacial score (nSPS) is 11.6. The molecule has 0 aliphatic heterocycles. The van der Waals surface area contributed by atoms with Crippen LogP contribution in [0.5, 0.6) is 0 Å². The predicted octanol–water partition coefficient (Wildman–Crippen LogP) is 2.08. The second-order valence-corrected chi connectivity index (χ2v) is 4.72. The third-order valence-electron chi connectivity index (χ3n) is 2.28. The second kappa shape index (κ2) is 6.75. The van der Waals surface area contributed by atoms with Gasteiger partial charge in [-0.15, -0.1) is 11.3 Å². The van der Waals surface area contributed by atoms with Crippen LogP contribution in [0.4, 0.5) is 13.2 Å². The zero-order valence-corrected chi connectivity index (χ0v) is 10.8. The van der Waals surface area contributed by atoms with Gasteiger partial charge in [0.25, 0.3) is 0 Å². The lowest BCUT2D eigenvalue weighted by molar-refractivity contribution is -0.128. The van der Waals surface area contributed by atoms with Crippen molar-refractivity contribution in [2.24, 2.45) is 0 Å². The Kier molecular flexibility index (Phi) is 5.61. The minimum Gasteiger partial charge on any atom is -0.350 e. The Bertz CT molecular complexity index is 390. The molecule has 0 bridgehead atoms. The van der Waals surface area contributed by atoms with E-state index in [9.17, 15) is 18.0 Å². The van der Waals surface area contributed by atoms with Gasteiger partial charge in [0.15, 0.2) is 0 Å². The van der Waals surface area contributed by atoms with E-state index in [0.717, 1.165) is 16.9 Å². The van der Waals surface area contributed by atoms with E-state index in [1.54, 1.807) is 0 Å². The molecule has 0 saturated heterocycles. The van der Waals surface area contributed by atoms with Crippen LogP contribution >= 0.6 is 11.3 Å². The summed E-state index contributed by atoms with van der Waals surface area (Å²) in [6, 6.07) is 1.98. The van der Waals surface area contributed by atoms with Crippen LogP contribution in [0, 0.1) is 0 Å². The number of rotatable bonds is 6. The van der Waals surface area contributed by atoms with E-state index in [1.807, 2.05) is 18.4 Å². The topological polar surface area (TPSA) is 41.1 Å². The summed E-state index contributed by atoms with van der Waals surface area (Å²) in [7, 11) is 0. The van der Waals surface area contributed by atoms with Gasteiger partial charge in [-0.1, -0.05) is 6.92 Å². The highest BCUT2D eigenvalue weighted by molar-refractivity contribution is 7.10. The minimum absolute atomic E-state index is 0.327. The molecular weight excluding hydrogens is 265 g/mol. The fourth-order valence-electron chi connectivity index (χ4n) is 1.40. The van der Waals surface area contributed by atoms with Crippen molar-refractivity contribution in [2.45, 2.75) is 26.1 Å². The molecule has 0 unspecified atom stereocenters. The molecule has 3 nitrogen and oxygen atoms in total. The summed E-state index contributed by atoms with van der Waals surface area (Å²) in [6.07, 6.45) is -3.41. The Morgan fingerprint density at radius 1 is 1.44 bits per heavy atom. The molecule has 1 rings (SSSR count). The summed E-state index contributed by atoms with van der Waals surface area (Å²) in [4.78, 5) is 12.3. The van der Waals surface area contributed by atoms with E-state index in [2.05, 4.69) is 10.6 Å². The maximum Gasteiger partial charge on any atom is 0.401 e. The summed E-state index contributed by atoms with van der Waals surface area (Å²) < 4.78 is 35.5. The molecule has 1 aromatic rings. The maximum absolute atomic E-state index is 11.8. The van der Waals surface area contributed by atoms with Gasteiger partial charge in [0.1, 0.15) is 0 Å². The molecule has 0 aromatic carbocycles. The number of thiophene rings is 1. The number of hydrogen-bond donors (Lipinski definition) is 2. The van der Waals surface area contributed by atoms with Crippen molar-refractivity contribution >= 4 is 17.2 Å². The first kappa shape index (κ1) is 15.0. The van der Waals surface area contributed by atoms with Gasteiger partial charge in [-0.25, -0.2) is 0 Å². The molecule has 18 heavy (non-hydrogen) atoms. The van der Waals surface area contributed by atoms with Crippen LogP contribution in [0.15, 0.2) is 11.4 Å².